The predicted molar refractivity (Wildman–Crippen MR) is 85.6 cm³/mol. The van der Waals surface area contributed by atoms with Gasteiger partial charge in [-0.3, -0.25) is 9.59 Å². The molecule has 4 heteroatoms. The van der Waals surface area contributed by atoms with E-state index in [-0.39, 0.29) is 17.8 Å². The van der Waals surface area contributed by atoms with Crippen molar-refractivity contribution in [3.8, 4) is 0 Å². The summed E-state index contributed by atoms with van der Waals surface area (Å²) in [5.74, 6) is -0.246. The van der Waals surface area contributed by atoms with Crippen LogP contribution in [0.1, 0.15) is 36.5 Å². The summed E-state index contributed by atoms with van der Waals surface area (Å²) in [6.45, 7) is 7.51. The first-order valence-electron chi connectivity index (χ1n) is 8.01. The Morgan fingerprint density at radius 2 is 2.09 bits per heavy atom. The largest absolute Gasteiger partial charge is 0.466 e. The molecule has 0 bridgehead atoms. The van der Waals surface area contributed by atoms with Crippen molar-refractivity contribution in [3.63, 3.8) is 0 Å². The Kier molecular flexibility index (Phi) is 5.58. The molecule has 2 rings (SSSR count). The first kappa shape index (κ1) is 16.5. The van der Waals surface area contributed by atoms with E-state index in [4.69, 9.17) is 4.74 Å². The number of carbonyl (C=O) groups is 2. The van der Waals surface area contributed by atoms with E-state index in [1.54, 1.807) is 0 Å². The number of likely N-dealkylation sites (tertiary alicyclic amines) is 1. The van der Waals surface area contributed by atoms with Gasteiger partial charge >= 0.3 is 5.97 Å². The SMILES string of the molecule is CCOC(=O)C1CCCN(C(=O)Cc2ccc(C)cc2C)C1. The zero-order valence-electron chi connectivity index (χ0n) is 13.7. The maximum absolute atomic E-state index is 12.5. The average molecular weight is 303 g/mol. The molecular formula is C18H25NO3. The van der Waals surface area contributed by atoms with Crippen LogP contribution in [-0.4, -0.2) is 36.5 Å². The predicted octanol–water partition coefficient (Wildman–Crippen LogP) is 2.65. The first-order chi connectivity index (χ1) is 10.5. The molecule has 1 aromatic rings. The van der Waals surface area contributed by atoms with E-state index < -0.39 is 0 Å². The molecule has 1 heterocycles. The number of carbonyl (C=O) groups excluding carboxylic acids is 2. The fourth-order valence-electron chi connectivity index (χ4n) is 2.98. The molecule has 22 heavy (non-hydrogen) atoms. The minimum atomic E-state index is -0.175. The Morgan fingerprint density at radius 1 is 1.32 bits per heavy atom. The number of esters is 1. The lowest BCUT2D eigenvalue weighted by molar-refractivity contribution is -0.151. The van der Waals surface area contributed by atoms with Crippen molar-refractivity contribution in [1.82, 2.24) is 4.90 Å². The molecule has 0 N–H and O–H groups in total. The molecule has 0 radical (unpaired) electrons. The number of hydrogen-bond donors (Lipinski definition) is 0. The molecule has 120 valence electrons. The summed E-state index contributed by atoms with van der Waals surface area (Å²) in [7, 11) is 0. The van der Waals surface area contributed by atoms with Crippen LogP contribution in [0, 0.1) is 19.8 Å². The molecule has 0 aromatic heterocycles. The molecule has 0 spiro atoms. The van der Waals surface area contributed by atoms with Crippen LogP contribution in [0.5, 0.6) is 0 Å². The summed E-state index contributed by atoms with van der Waals surface area (Å²) in [6, 6.07) is 6.16. The summed E-state index contributed by atoms with van der Waals surface area (Å²) >= 11 is 0. The van der Waals surface area contributed by atoms with Gasteiger partial charge in [-0.15, -0.1) is 0 Å². The minimum Gasteiger partial charge on any atom is -0.466 e. The van der Waals surface area contributed by atoms with Gasteiger partial charge in [0.15, 0.2) is 0 Å². The normalized spacial score (nSPS) is 18.1. The van der Waals surface area contributed by atoms with Crippen molar-refractivity contribution < 1.29 is 14.3 Å². The molecule has 1 fully saturated rings. The number of rotatable bonds is 4. The molecule has 1 amide bonds. The fraction of sp³-hybridized carbons (Fsp3) is 0.556. The Labute approximate surface area is 132 Å². The Balaban J connectivity index is 1.98. The highest BCUT2D eigenvalue weighted by molar-refractivity contribution is 5.80. The van der Waals surface area contributed by atoms with Crippen LogP contribution in [-0.2, 0) is 20.7 Å². The van der Waals surface area contributed by atoms with Crippen molar-refractivity contribution in [2.45, 2.75) is 40.0 Å². The smallest absolute Gasteiger partial charge is 0.310 e. The molecule has 0 aliphatic carbocycles. The Bertz CT molecular complexity index is 553. The van der Waals surface area contributed by atoms with E-state index in [2.05, 4.69) is 6.07 Å². The third-order valence-corrected chi connectivity index (χ3v) is 4.23. The zero-order valence-corrected chi connectivity index (χ0v) is 13.7. The molecule has 1 aliphatic heterocycles. The molecule has 1 atom stereocenters. The van der Waals surface area contributed by atoms with Crippen molar-refractivity contribution >= 4 is 11.9 Å². The van der Waals surface area contributed by atoms with E-state index >= 15 is 0 Å². The van der Waals surface area contributed by atoms with Crippen LogP contribution < -0.4 is 0 Å². The van der Waals surface area contributed by atoms with Crippen molar-refractivity contribution in [3.05, 3.63) is 34.9 Å². The highest BCUT2D eigenvalue weighted by Crippen LogP contribution is 2.20. The van der Waals surface area contributed by atoms with Gasteiger partial charge < -0.3 is 9.64 Å². The van der Waals surface area contributed by atoms with Crippen LogP contribution in [0.2, 0.25) is 0 Å². The van der Waals surface area contributed by atoms with E-state index in [1.165, 1.54) is 5.56 Å². The van der Waals surface area contributed by atoms with E-state index in [0.29, 0.717) is 19.6 Å². The Hall–Kier alpha value is -1.84. The molecule has 1 aromatic carbocycles. The lowest BCUT2D eigenvalue weighted by atomic mass is 9.97. The monoisotopic (exact) mass is 303 g/mol. The van der Waals surface area contributed by atoms with Crippen LogP contribution in [0.25, 0.3) is 0 Å². The van der Waals surface area contributed by atoms with Gasteiger partial charge in [0, 0.05) is 13.1 Å². The summed E-state index contributed by atoms with van der Waals surface area (Å²) in [5, 5.41) is 0. The highest BCUT2D eigenvalue weighted by Gasteiger charge is 2.29. The maximum Gasteiger partial charge on any atom is 0.310 e. The maximum atomic E-state index is 12.5. The summed E-state index contributed by atoms with van der Waals surface area (Å²) in [4.78, 5) is 26.2. The van der Waals surface area contributed by atoms with E-state index in [0.717, 1.165) is 30.5 Å². The van der Waals surface area contributed by atoms with Gasteiger partial charge in [-0.25, -0.2) is 0 Å². The summed E-state index contributed by atoms with van der Waals surface area (Å²) in [5.41, 5.74) is 3.41. The molecule has 1 unspecified atom stereocenters. The van der Waals surface area contributed by atoms with Crippen molar-refractivity contribution in [2.75, 3.05) is 19.7 Å². The van der Waals surface area contributed by atoms with Crippen LogP contribution in [0.15, 0.2) is 18.2 Å². The number of piperidine rings is 1. The zero-order chi connectivity index (χ0) is 16.1. The summed E-state index contributed by atoms with van der Waals surface area (Å²) in [6.07, 6.45) is 2.08. The lowest BCUT2D eigenvalue weighted by Crippen LogP contribution is -2.43. The Morgan fingerprint density at radius 3 is 2.77 bits per heavy atom. The molecule has 4 nitrogen and oxygen atoms in total. The van der Waals surface area contributed by atoms with Crippen molar-refractivity contribution in [1.29, 1.82) is 0 Å². The fourth-order valence-corrected chi connectivity index (χ4v) is 2.98. The van der Waals surface area contributed by atoms with Crippen molar-refractivity contribution in [2.24, 2.45) is 5.92 Å². The molecule has 1 aliphatic rings. The summed E-state index contributed by atoms with van der Waals surface area (Å²) < 4.78 is 5.08. The second kappa shape index (κ2) is 7.43. The third kappa shape index (κ3) is 4.09. The van der Waals surface area contributed by atoms with Gasteiger partial charge in [0.1, 0.15) is 0 Å². The van der Waals surface area contributed by atoms with Gasteiger partial charge in [0.05, 0.1) is 18.9 Å². The third-order valence-electron chi connectivity index (χ3n) is 4.23. The second-order valence-corrected chi connectivity index (χ2v) is 6.04. The first-order valence-corrected chi connectivity index (χ1v) is 8.01. The molecule has 0 saturated carbocycles. The number of ether oxygens (including phenoxy) is 1. The van der Waals surface area contributed by atoms with Crippen LogP contribution in [0.4, 0.5) is 0 Å². The molecule has 1 saturated heterocycles. The number of hydrogen-bond acceptors (Lipinski definition) is 3. The van der Waals surface area contributed by atoms with Gasteiger partial charge in [-0.1, -0.05) is 23.8 Å². The minimum absolute atomic E-state index is 0.0981. The van der Waals surface area contributed by atoms with Gasteiger partial charge in [0.25, 0.3) is 0 Å². The quantitative estimate of drug-likeness (QED) is 0.803. The number of benzene rings is 1. The second-order valence-electron chi connectivity index (χ2n) is 6.04. The van der Waals surface area contributed by atoms with E-state index in [9.17, 15) is 9.59 Å². The molecular weight excluding hydrogens is 278 g/mol. The van der Waals surface area contributed by atoms with Gasteiger partial charge in [-0.05, 0) is 44.7 Å². The number of amides is 1. The average Bonchev–Trinajstić information content (AvgIpc) is 2.50. The standard InChI is InChI=1S/C18H25NO3/c1-4-22-18(21)16-6-5-9-19(12-16)17(20)11-15-8-7-13(2)10-14(15)3/h7-8,10,16H,4-6,9,11-12H2,1-3H3. The lowest BCUT2D eigenvalue weighted by Gasteiger charge is -2.31. The number of nitrogens with zero attached hydrogens (tertiary/aromatic N) is 1. The van der Waals surface area contributed by atoms with Crippen LogP contribution >= 0.6 is 0 Å². The van der Waals surface area contributed by atoms with Crippen LogP contribution in [0.3, 0.4) is 0 Å². The topological polar surface area (TPSA) is 46.6 Å². The van der Waals surface area contributed by atoms with Gasteiger partial charge in [-0.2, -0.15) is 0 Å². The van der Waals surface area contributed by atoms with E-state index in [1.807, 2.05) is 37.8 Å². The van der Waals surface area contributed by atoms with Gasteiger partial charge in [0.2, 0.25) is 5.91 Å². The number of aryl methyl sites for hydroxylation is 2. The highest BCUT2D eigenvalue weighted by atomic mass is 16.5.